The highest BCUT2D eigenvalue weighted by molar-refractivity contribution is 5.14. The zero-order chi connectivity index (χ0) is 9.68. The Morgan fingerprint density at radius 3 is 3.00 bits per heavy atom. The Morgan fingerprint density at radius 2 is 2.46 bits per heavy atom. The van der Waals surface area contributed by atoms with Crippen molar-refractivity contribution in [3.63, 3.8) is 0 Å². The van der Waals surface area contributed by atoms with E-state index in [0.717, 1.165) is 24.8 Å². The third-order valence-corrected chi connectivity index (χ3v) is 2.05. The SMILES string of the molecule is C=C(CCCC)C(O)c1ccco1. The van der Waals surface area contributed by atoms with E-state index < -0.39 is 6.10 Å². The Bertz CT molecular complexity index is 249. The second kappa shape index (κ2) is 4.87. The number of aliphatic hydroxyl groups excluding tert-OH is 1. The van der Waals surface area contributed by atoms with Crippen LogP contribution in [-0.4, -0.2) is 5.11 Å². The van der Waals surface area contributed by atoms with Gasteiger partial charge in [-0.05, 0) is 30.5 Å². The number of unbranched alkanes of at least 4 members (excludes halogenated alkanes) is 1. The van der Waals surface area contributed by atoms with Crippen molar-refractivity contribution in [3.05, 3.63) is 36.3 Å². The quantitative estimate of drug-likeness (QED) is 0.706. The maximum atomic E-state index is 9.71. The van der Waals surface area contributed by atoms with Crippen LogP contribution in [0.15, 0.2) is 35.0 Å². The molecule has 0 amide bonds. The molecule has 0 fully saturated rings. The van der Waals surface area contributed by atoms with Crippen molar-refractivity contribution in [1.29, 1.82) is 0 Å². The van der Waals surface area contributed by atoms with Gasteiger partial charge >= 0.3 is 0 Å². The first-order valence-electron chi connectivity index (χ1n) is 4.64. The summed E-state index contributed by atoms with van der Waals surface area (Å²) in [7, 11) is 0. The van der Waals surface area contributed by atoms with Gasteiger partial charge in [-0.2, -0.15) is 0 Å². The van der Waals surface area contributed by atoms with Crippen LogP contribution in [0.3, 0.4) is 0 Å². The molecule has 13 heavy (non-hydrogen) atoms. The monoisotopic (exact) mass is 180 g/mol. The Labute approximate surface area is 78.9 Å². The number of rotatable bonds is 5. The molecule has 0 radical (unpaired) electrons. The minimum absolute atomic E-state index is 0.584. The molecule has 0 saturated carbocycles. The fourth-order valence-corrected chi connectivity index (χ4v) is 1.19. The van der Waals surface area contributed by atoms with E-state index >= 15 is 0 Å². The van der Waals surface area contributed by atoms with E-state index in [0.29, 0.717) is 5.76 Å². The van der Waals surface area contributed by atoms with Crippen molar-refractivity contribution < 1.29 is 9.52 Å². The summed E-state index contributed by atoms with van der Waals surface area (Å²) in [5, 5.41) is 9.71. The molecule has 1 N–H and O–H groups in total. The zero-order valence-corrected chi connectivity index (χ0v) is 7.99. The maximum absolute atomic E-state index is 9.71. The molecule has 1 atom stereocenters. The largest absolute Gasteiger partial charge is 0.466 e. The molecule has 0 bridgehead atoms. The topological polar surface area (TPSA) is 33.4 Å². The third kappa shape index (κ3) is 2.74. The molecule has 1 aromatic heterocycles. The van der Waals surface area contributed by atoms with Gasteiger partial charge in [0.25, 0.3) is 0 Å². The Hall–Kier alpha value is -1.02. The first-order valence-corrected chi connectivity index (χ1v) is 4.64. The van der Waals surface area contributed by atoms with Crippen LogP contribution in [-0.2, 0) is 0 Å². The van der Waals surface area contributed by atoms with Gasteiger partial charge in [-0.3, -0.25) is 0 Å². The summed E-state index contributed by atoms with van der Waals surface area (Å²) < 4.78 is 5.09. The molecule has 72 valence electrons. The van der Waals surface area contributed by atoms with E-state index in [4.69, 9.17) is 4.42 Å². The molecular formula is C11H16O2. The smallest absolute Gasteiger partial charge is 0.136 e. The second-order valence-corrected chi connectivity index (χ2v) is 3.18. The maximum Gasteiger partial charge on any atom is 0.136 e. The molecule has 1 aromatic rings. The van der Waals surface area contributed by atoms with Gasteiger partial charge in [0.05, 0.1) is 6.26 Å². The molecule has 0 aromatic carbocycles. The summed E-state index contributed by atoms with van der Waals surface area (Å²) in [6.07, 6.45) is 3.96. The van der Waals surface area contributed by atoms with Gasteiger partial charge in [0.1, 0.15) is 11.9 Å². The van der Waals surface area contributed by atoms with Crippen LogP contribution in [0.25, 0.3) is 0 Å². The van der Waals surface area contributed by atoms with Crippen LogP contribution in [0, 0.1) is 0 Å². The summed E-state index contributed by atoms with van der Waals surface area (Å²) in [6.45, 7) is 5.96. The van der Waals surface area contributed by atoms with Crippen LogP contribution in [0.4, 0.5) is 0 Å². The molecular weight excluding hydrogens is 164 g/mol. The van der Waals surface area contributed by atoms with Crippen LogP contribution in [0.2, 0.25) is 0 Å². The van der Waals surface area contributed by atoms with E-state index in [9.17, 15) is 5.11 Å². The van der Waals surface area contributed by atoms with Crippen LogP contribution in [0.5, 0.6) is 0 Å². The van der Waals surface area contributed by atoms with E-state index in [1.54, 1.807) is 18.4 Å². The molecule has 0 aliphatic heterocycles. The average Bonchev–Trinajstić information content (AvgIpc) is 2.65. The van der Waals surface area contributed by atoms with Crippen LogP contribution >= 0.6 is 0 Å². The van der Waals surface area contributed by atoms with Crippen molar-refractivity contribution in [3.8, 4) is 0 Å². The zero-order valence-electron chi connectivity index (χ0n) is 7.99. The number of aliphatic hydroxyl groups is 1. The van der Waals surface area contributed by atoms with Crippen molar-refractivity contribution in [2.45, 2.75) is 32.3 Å². The van der Waals surface area contributed by atoms with Crippen LogP contribution < -0.4 is 0 Å². The second-order valence-electron chi connectivity index (χ2n) is 3.18. The summed E-state index contributed by atoms with van der Waals surface area (Å²) in [5.74, 6) is 0.584. The van der Waals surface area contributed by atoms with Crippen molar-refractivity contribution >= 4 is 0 Å². The highest BCUT2D eigenvalue weighted by atomic mass is 16.4. The van der Waals surface area contributed by atoms with E-state index in [1.807, 2.05) is 0 Å². The Morgan fingerprint density at radius 1 is 1.69 bits per heavy atom. The summed E-state index contributed by atoms with van der Waals surface area (Å²) >= 11 is 0. The summed E-state index contributed by atoms with van der Waals surface area (Å²) in [5.41, 5.74) is 0.830. The lowest BCUT2D eigenvalue weighted by Gasteiger charge is -2.10. The molecule has 1 heterocycles. The molecule has 2 nitrogen and oxygen atoms in total. The normalized spacial score (nSPS) is 12.8. The summed E-state index contributed by atoms with van der Waals surface area (Å²) in [6, 6.07) is 3.54. The molecule has 0 saturated heterocycles. The minimum Gasteiger partial charge on any atom is -0.466 e. The van der Waals surface area contributed by atoms with E-state index in [1.165, 1.54) is 0 Å². The van der Waals surface area contributed by atoms with Gasteiger partial charge in [-0.25, -0.2) is 0 Å². The fraction of sp³-hybridized carbons (Fsp3) is 0.455. The molecule has 2 heteroatoms. The van der Waals surface area contributed by atoms with Gasteiger partial charge in [-0.15, -0.1) is 0 Å². The first kappa shape index (κ1) is 10.1. The molecule has 0 aliphatic rings. The lowest BCUT2D eigenvalue weighted by molar-refractivity contribution is 0.181. The van der Waals surface area contributed by atoms with Crippen molar-refractivity contribution in [1.82, 2.24) is 0 Å². The minimum atomic E-state index is -0.637. The average molecular weight is 180 g/mol. The Balaban J connectivity index is 2.48. The summed E-state index contributed by atoms with van der Waals surface area (Å²) in [4.78, 5) is 0. The first-order chi connectivity index (χ1) is 6.25. The molecule has 0 spiro atoms. The standard InChI is InChI=1S/C11H16O2/c1-3-4-6-9(2)11(12)10-7-5-8-13-10/h5,7-8,11-12H,2-4,6H2,1H3. The van der Waals surface area contributed by atoms with E-state index in [-0.39, 0.29) is 0 Å². The van der Waals surface area contributed by atoms with Crippen molar-refractivity contribution in [2.24, 2.45) is 0 Å². The number of hydrogen-bond acceptors (Lipinski definition) is 2. The molecule has 0 aliphatic carbocycles. The predicted octanol–water partition coefficient (Wildman–Crippen LogP) is 3.06. The number of hydrogen-bond donors (Lipinski definition) is 1. The molecule has 1 unspecified atom stereocenters. The third-order valence-electron chi connectivity index (χ3n) is 2.05. The lowest BCUT2D eigenvalue weighted by Crippen LogP contribution is -1.98. The van der Waals surface area contributed by atoms with Gasteiger partial charge < -0.3 is 9.52 Å². The van der Waals surface area contributed by atoms with Gasteiger partial charge in [0.2, 0.25) is 0 Å². The van der Waals surface area contributed by atoms with Gasteiger partial charge in [0.15, 0.2) is 0 Å². The van der Waals surface area contributed by atoms with Gasteiger partial charge in [-0.1, -0.05) is 19.9 Å². The van der Waals surface area contributed by atoms with Crippen LogP contribution in [0.1, 0.15) is 38.1 Å². The number of furan rings is 1. The lowest BCUT2D eigenvalue weighted by atomic mass is 10.0. The highest BCUT2D eigenvalue weighted by Crippen LogP contribution is 2.23. The fourth-order valence-electron chi connectivity index (χ4n) is 1.19. The van der Waals surface area contributed by atoms with E-state index in [2.05, 4.69) is 13.5 Å². The van der Waals surface area contributed by atoms with Crippen molar-refractivity contribution in [2.75, 3.05) is 0 Å². The van der Waals surface area contributed by atoms with Gasteiger partial charge in [0, 0.05) is 0 Å². The molecule has 1 rings (SSSR count). The Kier molecular flexibility index (Phi) is 3.77. The highest BCUT2D eigenvalue weighted by Gasteiger charge is 2.12. The predicted molar refractivity (Wildman–Crippen MR) is 52.3 cm³/mol.